The monoisotopic (exact) mass is 313 g/mol. The highest BCUT2D eigenvalue weighted by atomic mass is 79.9. The normalized spacial score (nSPS) is 10.8. The molecule has 0 aliphatic rings. The van der Waals surface area contributed by atoms with Gasteiger partial charge < -0.3 is 0 Å². The van der Waals surface area contributed by atoms with Crippen LogP contribution >= 0.6 is 27.5 Å². The van der Waals surface area contributed by atoms with Crippen LogP contribution in [0.4, 0.5) is 0 Å². The maximum atomic E-state index is 5.66. The molecule has 0 radical (unpaired) electrons. The number of aromatic nitrogens is 3. The highest BCUT2D eigenvalue weighted by molar-refractivity contribution is 9.10. The predicted molar refractivity (Wildman–Crippen MR) is 72.8 cm³/mol. The van der Waals surface area contributed by atoms with Crippen LogP contribution in [0.25, 0.3) is 5.69 Å². The molecule has 0 N–H and O–H groups in total. The van der Waals surface area contributed by atoms with Gasteiger partial charge in [0.25, 0.3) is 0 Å². The Hall–Kier alpha value is -0.870. The summed E-state index contributed by atoms with van der Waals surface area (Å²) in [5.74, 6) is 0.654. The van der Waals surface area contributed by atoms with Gasteiger partial charge in [-0.05, 0) is 53.4 Å². The van der Waals surface area contributed by atoms with Gasteiger partial charge in [-0.2, -0.15) is 0 Å². The molecule has 0 amide bonds. The molecule has 17 heavy (non-hydrogen) atoms. The third-order valence-corrected chi connectivity index (χ3v) is 3.39. The van der Waals surface area contributed by atoms with Crippen molar-refractivity contribution in [3.63, 3.8) is 0 Å². The van der Waals surface area contributed by atoms with Gasteiger partial charge in [0, 0.05) is 10.4 Å². The highest BCUT2D eigenvalue weighted by Gasteiger charge is 2.06. The lowest BCUT2D eigenvalue weighted by atomic mass is 10.2. The Morgan fingerprint density at radius 3 is 3.00 bits per heavy atom. The van der Waals surface area contributed by atoms with Gasteiger partial charge in [-0.25, -0.2) is 4.68 Å². The van der Waals surface area contributed by atoms with Crippen LogP contribution in [0.15, 0.2) is 28.9 Å². The van der Waals surface area contributed by atoms with Gasteiger partial charge in [0.15, 0.2) is 0 Å². The van der Waals surface area contributed by atoms with Crippen LogP contribution < -0.4 is 0 Å². The summed E-state index contributed by atoms with van der Waals surface area (Å²) in [6, 6.07) is 6.15. The van der Waals surface area contributed by atoms with E-state index in [4.69, 9.17) is 11.6 Å². The summed E-state index contributed by atoms with van der Waals surface area (Å²) >= 11 is 9.18. The highest BCUT2D eigenvalue weighted by Crippen LogP contribution is 2.21. The van der Waals surface area contributed by atoms with Crippen molar-refractivity contribution in [3.05, 3.63) is 40.1 Å². The molecule has 3 nitrogen and oxygen atoms in total. The predicted octanol–water partition coefficient (Wildman–Crippen LogP) is 3.51. The number of benzene rings is 1. The number of aryl methyl sites for hydroxylation is 2. The lowest BCUT2D eigenvalue weighted by Gasteiger charge is -2.04. The van der Waals surface area contributed by atoms with Crippen LogP contribution in [-0.2, 0) is 6.42 Å². The van der Waals surface area contributed by atoms with Gasteiger partial charge >= 0.3 is 0 Å². The number of nitrogens with zero attached hydrogens (tertiary/aromatic N) is 3. The smallest absolute Gasteiger partial charge is 0.0832 e. The van der Waals surface area contributed by atoms with Crippen molar-refractivity contribution in [2.24, 2.45) is 0 Å². The van der Waals surface area contributed by atoms with Crippen LogP contribution in [0, 0.1) is 6.92 Å². The van der Waals surface area contributed by atoms with Crippen LogP contribution in [0.2, 0.25) is 0 Å². The molecule has 5 heteroatoms. The quantitative estimate of drug-likeness (QED) is 0.809. The summed E-state index contributed by atoms with van der Waals surface area (Å²) in [5, 5.41) is 8.27. The van der Waals surface area contributed by atoms with Crippen molar-refractivity contribution in [3.8, 4) is 5.69 Å². The number of hydrogen-bond acceptors (Lipinski definition) is 2. The molecule has 0 aliphatic heterocycles. The second-order valence-corrected chi connectivity index (χ2v) is 5.13. The van der Waals surface area contributed by atoms with Crippen LogP contribution in [0.3, 0.4) is 0 Å². The molecule has 0 spiro atoms. The van der Waals surface area contributed by atoms with Crippen LogP contribution in [0.1, 0.15) is 17.7 Å². The number of alkyl halides is 1. The van der Waals surface area contributed by atoms with E-state index in [1.807, 2.05) is 12.3 Å². The molecular weight excluding hydrogens is 302 g/mol. The average Bonchev–Trinajstić information content (AvgIpc) is 2.78. The zero-order chi connectivity index (χ0) is 12.3. The summed E-state index contributed by atoms with van der Waals surface area (Å²) < 4.78 is 2.80. The molecule has 0 saturated carbocycles. The van der Waals surface area contributed by atoms with Crippen LogP contribution in [-0.4, -0.2) is 20.9 Å². The van der Waals surface area contributed by atoms with Gasteiger partial charge in [0.05, 0.1) is 17.6 Å². The molecule has 0 fully saturated rings. The number of hydrogen-bond donors (Lipinski definition) is 0. The molecule has 0 aliphatic carbocycles. The van der Waals surface area contributed by atoms with E-state index < -0.39 is 0 Å². The SMILES string of the molecule is Cc1ccc(Br)c(-n2cc(CCCCl)nn2)c1. The minimum absolute atomic E-state index is 0.654. The molecule has 0 bridgehead atoms. The minimum atomic E-state index is 0.654. The summed E-state index contributed by atoms with van der Waals surface area (Å²) in [6.45, 7) is 2.06. The first-order valence-corrected chi connectivity index (χ1v) is 6.77. The van der Waals surface area contributed by atoms with Gasteiger partial charge in [0.2, 0.25) is 0 Å². The molecule has 1 heterocycles. The molecule has 90 valence electrons. The first-order valence-electron chi connectivity index (χ1n) is 5.44. The zero-order valence-electron chi connectivity index (χ0n) is 9.53. The van der Waals surface area contributed by atoms with E-state index in [0.29, 0.717) is 5.88 Å². The number of halogens is 2. The summed E-state index contributed by atoms with van der Waals surface area (Å²) in [6.07, 6.45) is 3.74. The molecule has 1 aromatic heterocycles. The topological polar surface area (TPSA) is 30.7 Å². The molecule has 2 rings (SSSR count). The Morgan fingerprint density at radius 1 is 1.41 bits per heavy atom. The maximum absolute atomic E-state index is 5.66. The van der Waals surface area contributed by atoms with Crippen molar-refractivity contribution < 1.29 is 0 Å². The Kier molecular flexibility index (Phi) is 4.18. The second-order valence-electron chi connectivity index (χ2n) is 3.90. The Morgan fingerprint density at radius 2 is 2.24 bits per heavy atom. The fourth-order valence-electron chi connectivity index (χ4n) is 1.58. The van der Waals surface area contributed by atoms with E-state index in [0.717, 1.165) is 28.7 Å². The van der Waals surface area contributed by atoms with Gasteiger partial charge in [-0.3, -0.25) is 0 Å². The maximum Gasteiger partial charge on any atom is 0.0832 e. The van der Waals surface area contributed by atoms with Crippen molar-refractivity contribution in [1.29, 1.82) is 0 Å². The Labute approximate surface area is 114 Å². The molecule has 0 unspecified atom stereocenters. The lowest BCUT2D eigenvalue weighted by molar-refractivity contribution is 0.789. The fourth-order valence-corrected chi connectivity index (χ4v) is 2.14. The fraction of sp³-hybridized carbons (Fsp3) is 0.333. The van der Waals surface area contributed by atoms with Crippen molar-refractivity contribution in [2.75, 3.05) is 5.88 Å². The summed E-state index contributed by atoms with van der Waals surface area (Å²) in [7, 11) is 0. The van der Waals surface area contributed by atoms with Gasteiger partial charge in [0.1, 0.15) is 0 Å². The standard InChI is InChI=1S/C12H13BrClN3/c1-9-4-5-11(13)12(7-9)17-8-10(15-16-17)3-2-6-14/h4-5,7-8H,2-3,6H2,1H3. The number of rotatable bonds is 4. The van der Waals surface area contributed by atoms with E-state index in [1.54, 1.807) is 4.68 Å². The van der Waals surface area contributed by atoms with E-state index in [2.05, 4.69) is 45.3 Å². The van der Waals surface area contributed by atoms with Crippen molar-refractivity contribution in [1.82, 2.24) is 15.0 Å². The van der Waals surface area contributed by atoms with Crippen LogP contribution in [0.5, 0.6) is 0 Å². The molecule has 1 aromatic carbocycles. The molecular formula is C12H13BrClN3. The van der Waals surface area contributed by atoms with Crippen molar-refractivity contribution in [2.45, 2.75) is 19.8 Å². The summed E-state index contributed by atoms with van der Waals surface area (Å²) in [5.41, 5.74) is 3.18. The molecule has 0 saturated heterocycles. The first-order chi connectivity index (χ1) is 8.20. The van der Waals surface area contributed by atoms with Crippen molar-refractivity contribution >= 4 is 27.5 Å². The third-order valence-electron chi connectivity index (χ3n) is 2.46. The lowest BCUT2D eigenvalue weighted by Crippen LogP contribution is -1.96. The van der Waals surface area contributed by atoms with E-state index >= 15 is 0 Å². The Balaban J connectivity index is 2.27. The third kappa shape index (κ3) is 3.07. The van der Waals surface area contributed by atoms with Gasteiger partial charge in [-0.15, -0.1) is 16.7 Å². The second kappa shape index (κ2) is 5.65. The zero-order valence-corrected chi connectivity index (χ0v) is 11.9. The summed E-state index contributed by atoms with van der Waals surface area (Å²) in [4.78, 5) is 0. The molecule has 0 atom stereocenters. The van der Waals surface area contributed by atoms with E-state index in [9.17, 15) is 0 Å². The van der Waals surface area contributed by atoms with E-state index in [-0.39, 0.29) is 0 Å². The van der Waals surface area contributed by atoms with E-state index in [1.165, 1.54) is 5.56 Å². The molecule has 2 aromatic rings. The van der Waals surface area contributed by atoms with Gasteiger partial charge in [-0.1, -0.05) is 11.3 Å². The average molecular weight is 315 g/mol. The first kappa shape index (κ1) is 12.6. The minimum Gasteiger partial charge on any atom is -0.219 e. The Bertz CT molecular complexity index is 510. The largest absolute Gasteiger partial charge is 0.219 e.